The van der Waals surface area contributed by atoms with E-state index in [1.54, 1.807) is 24.7 Å². The highest BCUT2D eigenvalue weighted by Gasteiger charge is 2.15. The number of aromatic nitrogens is 4. The quantitative estimate of drug-likeness (QED) is 0.709. The van der Waals surface area contributed by atoms with Gasteiger partial charge in [-0.15, -0.1) is 5.10 Å². The van der Waals surface area contributed by atoms with E-state index in [1.165, 1.54) is 10.6 Å². The predicted octanol–water partition coefficient (Wildman–Crippen LogP) is 1.07. The van der Waals surface area contributed by atoms with Gasteiger partial charge in [0.1, 0.15) is 5.56 Å². The van der Waals surface area contributed by atoms with Crippen LogP contribution in [-0.4, -0.2) is 30.7 Å². The van der Waals surface area contributed by atoms with Gasteiger partial charge in [0.2, 0.25) is 5.95 Å². The average molecular weight is 255 g/mol. The molecule has 0 fully saturated rings. The third-order valence-corrected chi connectivity index (χ3v) is 2.68. The van der Waals surface area contributed by atoms with Crippen molar-refractivity contribution in [1.29, 1.82) is 0 Å². The maximum Gasteiger partial charge on any atom is 0.339 e. The zero-order valence-electron chi connectivity index (χ0n) is 9.69. The van der Waals surface area contributed by atoms with Crippen LogP contribution in [0.3, 0.4) is 0 Å². The number of aromatic carboxylic acids is 1. The monoisotopic (exact) mass is 255 g/mol. The van der Waals surface area contributed by atoms with Crippen molar-refractivity contribution in [3.8, 4) is 11.1 Å². The molecule has 0 radical (unpaired) electrons. The Morgan fingerprint density at radius 2 is 2.21 bits per heavy atom. The maximum absolute atomic E-state index is 11.3. The van der Waals surface area contributed by atoms with Crippen LogP contribution in [0, 0.1) is 0 Å². The zero-order valence-corrected chi connectivity index (χ0v) is 9.69. The second-order valence-electron chi connectivity index (χ2n) is 3.93. The molecule has 0 aliphatic rings. The van der Waals surface area contributed by atoms with Crippen molar-refractivity contribution in [3.63, 3.8) is 0 Å². The largest absolute Gasteiger partial charge is 0.478 e. The van der Waals surface area contributed by atoms with Gasteiger partial charge in [-0.1, -0.05) is 6.07 Å². The number of carboxylic acids is 1. The second kappa shape index (κ2) is 4.05. The molecule has 7 heteroatoms. The van der Waals surface area contributed by atoms with Gasteiger partial charge in [-0.3, -0.25) is 4.98 Å². The van der Waals surface area contributed by atoms with E-state index in [0.717, 1.165) is 5.56 Å². The molecule has 19 heavy (non-hydrogen) atoms. The van der Waals surface area contributed by atoms with Crippen LogP contribution in [0.5, 0.6) is 0 Å². The van der Waals surface area contributed by atoms with E-state index < -0.39 is 5.97 Å². The van der Waals surface area contributed by atoms with E-state index in [-0.39, 0.29) is 17.2 Å². The molecule has 0 saturated heterocycles. The van der Waals surface area contributed by atoms with Crippen LogP contribution in [0.15, 0.2) is 36.8 Å². The molecule has 0 bridgehead atoms. The summed E-state index contributed by atoms with van der Waals surface area (Å²) >= 11 is 0. The van der Waals surface area contributed by atoms with Crippen molar-refractivity contribution in [2.24, 2.45) is 0 Å². The minimum atomic E-state index is -1.08. The fraction of sp³-hybridized carbons (Fsp3) is 0. The highest BCUT2D eigenvalue weighted by molar-refractivity contribution is 5.96. The Bertz CT molecular complexity index is 766. The fourth-order valence-electron chi connectivity index (χ4n) is 1.85. The average Bonchev–Trinajstić information content (AvgIpc) is 2.78. The first-order chi connectivity index (χ1) is 9.15. The summed E-state index contributed by atoms with van der Waals surface area (Å²) in [5.74, 6) is -1.05. The third kappa shape index (κ3) is 1.86. The van der Waals surface area contributed by atoms with E-state index in [9.17, 15) is 9.90 Å². The standard InChI is InChI=1S/C12H9N5O2/c13-12-15-10-9(11(18)19)4-8(6-17(10)16-12)7-2-1-3-14-5-7/h1-6H,(H2,13,16)(H,18,19). The van der Waals surface area contributed by atoms with Crippen molar-refractivity contribution in [3.05, 3.63) is 42.4 Å². The first-order valence-electron chi connectivity index (χ1n) is 5.45. The highest BCUT2D eigenvalue weighted by atomic mass is 16.4. The summed E-state index contributed by atoms with van der Waals surface area (Å²) in [6.07, 6.45) is 4.96. The van der Waals surface area contributed by atoms with E-state index in [4.69, 9.17) is 5.73 Å². The lowest BCUT2D eigenvalue weighted by Crippen LogP contribution is -2.02. The Labute approximate surface area is 107 Å². The summed E-state index contributed by atoms with van der Waals surface area (Å²) < 4.78 is 1.36. The molecule has 3 rings (SSSR count). The van der Waals surface area contributed by atoms with Crippen LogP contribution in [0.2, 0.25) is 0 Å². The minimum Gasteiger partial charge on any atom is -0.478 e. The number of nitrogen functional groups attached to an aromatic ring is 1. The molecule has 0 spiro atoms. The van der Waals surface area contributed by atoms with Gasteiger partial charge < -0.3 is 10.8 Å². The lowest BCUT2D eigenvalue weighted by Gasteiger charge is -2.04. The smallest absolute Gasteiger partial charge is 0.339 e. The molecule has 3 aromatic heterocycles. The summed E-state index contributed by atoms with van der Waals surface area (Å²) in [5, 5.41) is 13.2. The molecule has 0 aliphatic heterocycles. The van der Waals surface area contributed by atoms with Crippen LogP contribution in [0.1, 0.15) is 10.4 Å². The van der Waals surface area contributed by atoms with Gasteiger partial charge in [0.25, 0.3) is 0 Å². The molecule has 0 amide bonds. The molecule has 94 valence electrons. The number of carboxylic acid groups (broad SMARTS) is 1. The van der Waals surface area contributed by atoms with Gasteiger partial charge >= 0.3 is 5.97 Å². The number of nitrogens with two attached hydrogens (primary N) is 1. The first-order valence-corrected chi connectivity index (χ1v) is 5.45. The summed E-state index contributed by atoms with van der Waals surface area (Å²) in [6, 6.07) is 5.14. The lowest BCUT2D eigenvalue weighted by atomic mass is 10.1. The Morgan fingerprint density at radius 3 is 2.89 bits per heavy atom. The topological polar surface area (TPSA) is 106 Å². The van der Waals surface area contributed by atoms with Crippen molar-refractivity contribution in [2.45, 2.75) is 0 Å². The SMILES string of the molecule is Nc1nc2c(C(=O)O)cc(-c3cccnc3)cn2n1. The molecule has 3 N–H and O–H groups in total. The highest BCUT2D eigenvalue weighted by Crippen LogP contribution is 2.22. The molecule has 0 aromatic carbocycles. The molecule has 0 saturated carbocycles. The van der Waals surface area contributed by atoms with E-state index in [0.29, 0.717) is 5.56 Å². The number of carbonyl (C=O) groups is 1. The van der Waals surface area contributed by atoms with Gasteiger partial charge in [0.05, 0.1) is 0 Å². The molecular formula is C12H9N5O2. The second-order valence-corrected chi connectivity index (χ2v) is 3.93. The van der Waals surface area contributed by atoms with E-state index in [2.05, 4.69) is 15.1 Å². The van der Waals surface area contributed by atoms with Crippen LogP contribution in [0.25, 0.3) is 16.8 Å². The summed E-state index contributed by atoms with van der Waals surface area (Å²) in [4.78, 5) is 19.2. The molecule has 0 atom stereocenters. The van der Waals surface area contributed by atoms with Gasteiger partial charge in [-0.25, -0.2) is 9.31 Å². The Kier molecular flexibility index (Phi) is 2.38. The summed E-state index contributed by atoms with van der Waals surface area (Å²) in [5.41, 5.74) is 7.24. The normalized spacial score (nSPS) is 10.7. The van der Waals surface area contributed by atoms with Crippen LogP contribution < -0.4 is 5.73 Å². The summed E-state index contributed by atoms with van der Waals surface area (Å²) in [7, 11) is 0. The number of anilines is 1. The Morgan fingerprint density at radius 1 is 1.37 bits per heavy atom. The lowest BCUT2D eigenvalue weighted by molar-refractivity contribution is 0.0698. The fourth-order valence-corrected chi connectivity index (χ4v) is 1.85. The Balaban J connectivity index is 2.30. The molecular weight excluding hydrogens is 246 g/mol. The number of hydrogen-bond acceptors (Lipinski definition) is 5. The first kappa shape index (κ1) is 11.1. The predicted molar refractivity (Wildman–Crippen MR) is 67.6 cm³/mol. The van der Waals surface area contributed by atoms with Gasteiger partial charge in [0, 0.05) is 29.7 Å². The van der Waals surface area contributed by atoms with E-state index >= 15 is 0 Å². The number of fused-ring (bicyclic) bond motifs is 1. The Hall–Kier alpha value is -2.96. The van der Waals surface area contributed by atoms with Crippen LogP contribution in [0.4, 0.5) is 5.95 Å². The summed E-state index contributed by atoms with van der Waals surface area (Å²) in [6.45, 7) is 0. The van der Waals surface area contributed by atoms with Crippen molar-refractivity contribution in [1.82, 2.24) is 19.6 Å². The van der Waals surface area contributed by atoms with Crippen molar-refractivity contribution < 1.29 is 9.90 Å². The van der Waals surface area contributed by atoms with Crippen molar-refractivity contribution >= 4 is 17.6 Å². The zero-order chi connectivity index (χ0) is 13.4. The van der Waals surface area contributed by atoms with Gasteiger partial charge in [0.15, 0.2) is 5.65 Å². The van der Waals surface area contributed by atoms with Gasteiger partial charge in [-0.05, 0) is 12.1 Å². The van der Waals surface area contributed by atoms with E-state index in [1.807, 2.05) is 6.07 Å². The maximum atomic E-state index is 11.3. The molecule has 3 aromatic rings. The minimum absolute atomic E-state index is 0.0332. The molecule has 7 nitrogen and oxygen atoms in total. The number of rotatable bonds is 2. The molecule has 0 aliphatic carbocycles. The third-order valence-electron chi connectivity index (χ3n) is 2.68. The van der Waals surface area contributed by atoms with Crippen molar-refractivity contribution in [2.75, 3.05) is 5.73 Å². The number of hydrogen-bond donors (Lipinski definition) is 2. The van der Waals surface area contributed by atoms with Crippen LogP contribution >= 0.6 is 0 Å². The molecule has 3 heterocycles. The molecule has 0 unspecified atom stereocenters. The van der Waals surface area contributed by atoms with Crippen LogP contribution in [-0.2, 0) is 0 Å². The number of nitrogens with zero attached hydrogens (tertiary/aromatic N) is 4. The number of pyridine rings is 2. The van der Waals surface area contributed by atoms with Gasteiger partial charge in [-0.2, -0.15) is 4.98 Å².